The van der Waals surface area contributed by atoms with Crippen molar-refractivity contribution in [2.75, 3.05) is 7.05 Å². The van der Waals surface area contributed by atoms with Gasteiger partial charge in [-0.15, -0.1) is 0 Å². The lowest BCUT2D eigenvalue weighted by molar-refractivity contribution is 1.37. The Kier molecular flexibility index (Phi) is 3.19. The molecule has 0 saturated carbocycles. The van der Waals surface area contributed by atoms with Gasteiger partial charge in [-0.1, -0.05) is 0 Å². The Morgan fingerprint density at radius 2 is 2.43 bits per heavy atom. The number of hydrogen-bond acceptors (Lipinski definition) is 2. The van der Waals surface area contributed by atoms with Crippen LogP contribution >= 0.6 is 0 Å². The first kappa shape index (κ1) is 6.34. The van der Waals surface area contributed by atoms with Gasteiger partial charge in [-0.2, -0.15) is 0 Å². The Morgan fingerprint density at radius 3 is 2.57 bits per heavy atom. The van der Waals surface area contributed by atoms with Gasteiger partial charge in [0.15, 0.2) is 0 Å². The van der Waals surface area contributed by atoms with E-state index < -0.39 is 0 Å². The van der Waals surface area contributed by atoms with Gasteiger partial charge in [-0.05, 0) is 6.92 Å². The Hall–Kier alpha value is -0.660. The van der Waals surface area contributed by atoms with Crippen molar-refractivity contribution < 1.29 is 0 Å². The number of rotatable bonds is 2. The first-order chi connectivity index (χ1) is 3.27. The Bertz CT molecular complexity index is 84.1. The highest BCUT2D eigenvalue weighted by atomic mass is 14.6. The van der Waals surface area contributed by atoms with Crippen molar-refractivity contribution in [2.45, 2.75) is 13.3 Å². The Labute approximate surface area is 43.8 Å². The van der Waals surface area contributed by atoms with Crippen molar-refractivity contribution >= 4 is 11.9 Å². The topological polar surface area (TPSA) is 36.2 Å². The van der Waals surface area contributed by atoms with Crippen LogP contribution in [0.25, 0.3) is 0 Å². The third-order valence-electron chi connectivity index (χ3n) is 0.580. The Morgan fingerprint density at radius 1 is 1.86 bits per heavy atom. The minimum absolute atomic E-state index is 0.658. The third-order valence-corrected chi connectivity index (χ3v) is 0.580. The molecular formula is C5H10N2. The largest absolute Gasteiger partial charge is 0.310 e. The molecule has 7 heavy (non-hydrogen) atoms. The van der Waals surface area contributed by atoms with Crippen molar-refractivity contribution in [2.24, 2.45) is 4.99 Å². The van der Waals surface area contributed by atoms with Crippen LogP contribution in [0.1, 0.15) is 13.3 Å². The molecule has 0 amide bonds. The second-order valence-electron chi connectivity index (χ2n) is 1.43. The van der Waals surface area contributed by atoms with Gasteiger partial charge in [0.1, 0.15) is 0 Å². The van der Waals surface area contributed by atoms with Crippen LogP contribution in [0.3, 0.4) is 0 Å². The fourth-order valence-electron chi connectivity index (χ4n) is 0.228. The summed E-state index contributed by atoms with van der Waals surface area (Å²) in [6.45, 7) is 1.77. The summed E-state index contributed by atoms with van der Waals surface area (Å²) in [7, 11) is 1.71. The summed E-state index contributed by atoms with van der Waals surface area (Å²) in [5.41, 5.74) is 0.658. The summed E-state index contributed by atoms with van der Waals surface area (Å²) in [6.07, 6.45) is 2.42. The predicted molar refractivity (Wildman–Crippen MR) is 32.4 cm³/mol. The summed E-state index contributed by atoms with van der Waals surface area (Å²) in [4.78, 5) is 3.71. The van der Waals surface area contributed by atoms with Crippen LogP contribution in [0.4, 0.5) is 0 Å². The molecular weight excluding hydrogens is 88.1 g/mol. The van der Waals surface area contributed by atoms with Crippen LogP contribution in [0.2, 0.25) is 0 Å². The van der Waals surface area contributed by atoms with Crippen LogP contribution in [-0.4, -0.2) is 19.0 Å². The molecule has 0 aromatic carbocycles. The molecule has 0 aliphatic carbocycles. The minimum Gasteiger partial charge on any atom is -0.310 e. The van der Waals surface area contributed by atoms with Gasteiger partial charge >= 0.3 is 0 Å². The molecule has 2 nitrogen and oxygen atoms in total. The molecule has 1 N–H and O–H groups in total. The molecule has 0 aromatic heterocycles. The van der Waals surface area contributed by atoms with E-state index in [2.05, 4.69) is 4.99 Å². The molecule has 0 spiro atoms. The first-order valence-corrected chi connectivity index (χ1v) is 2.22. The van der Waals surface area contributed by atoms with Gasteiger partial charge < -0.3 is 10.4 Å². The molecule has 0 aliphatic rings. The van der Waals surface area contributed by atoms with Crippen molar-refractivity contribution in [1.29, 1.82) is 5.41 Å². The summed E-state index contributed by atoms with van der Waals surface area (Å²) in [5.74, 6) is 0. The maximum absolute atomic E-state index is 6.91. The van der Waals surface area contributed by atoms with Crippen LogP contribution in [0.15, 0.2) is 4.99 Å². The van der Waals surface area contributed by atoms with Crippen LogP contribution in [0.5, 0.6) is 0 Å². The fraction of sp³-hybridized carbons (Fsp3) is 0.600. The quantitative estimate of drug-likeness (QED) is 0.502. The number of nitrogens with zero attached hydrogens (tertiary/aromatic N) is 1. The monoisotopic (exact) mass is 98.1 g/mol. The first-order valence-electron chi connectivity index (χ1n) is 2.22. The lowest BCUT2D eigenvalue weighted by Crippen LogP contribution is -1.86. The van der Waals surface area contributed by atoms with Crippen molar-refractivity contribution in [3.05, 3.63) is 0 Å². The molecule has 0 unspecified atom stereocenters. The molecule has 0 atom stereocenters. The SMILES string of the molecule is CN=CCC(C)=N. The molecule has 0 rings (SSSR count). The highest BCUT2D eigenvalue weighted by molar-refractivity contribution is 5.91. The standard InChI is InChI=1S/C5H10N2/c1-5(6)3-4-7-2/h4,6H,3H2,1-2H3. The lowest BCUT2D eigenvalue weighted by atomic mass is 10.3. The molecule has 0 aliphatic heterocycles. The van der Waals surface area contributed by atoms with E-state index in [-0.39, 0.29) is 0 Å². The van der Waals surface area contributed by atoms with E-state index in [1.54, 1.807) is 20.2 Å². The van der Waals surface area contributed by atoms with E-state index in [0.29, 0.717) is 12.1 Å². The average Bonchev–Trinajstić information content (AvgIpc) is 1.61. The fourth-order valence-corrected chi connectivity index (χ4v) is 0.228. The predicted octanol–water partition coefficient (Wildman–Crippen LogP) is 1.12. The zero-order valence-electron chi connectivity index (χ0n) is 4.73. The summed E-state index contributed by atoms with van der Waals surface area (Å²) >= 11 is 0. The van der Waals surface area contributed by atoms with E-state index in [4.69, 9.17) is 5.41 Å². The summed E-state index contributed by atoms with van der Waals surface area (Å²) in [5, 5.41) is 6.91. The van der Waals surface area contributed by atoms with Gasteiger partial charge in [-0.25, -0.2) is 0 Å². The second kappa shape index (κ2) is 3.53. The highest BCUT2D eigenvalue weighted by Crippen LogP contribution is 1.73. The maximum Gasteiger partial charge on any atom is 0.0273 e. The molecule has 0 fully saturated rings. The molecule has 2 heteroatoms. The number of aliphatic imine (C=N–C) groups is 1. The maximum atomic E-state index is 6.91. The highest BCUT2D eigenvalue weighted by Gasteiger charge is 1.77. The van der Waals surface area contributed by atoms with E-state index in [1.165, 1.54) is 0 Å². The van der Waals surface area contributed by atoms with Crippen molar-refractivity contribution in [3.63, 3.8) is 0 Å². The van der Waals surface area contributed by atoms with E-state index in [1.807, 2.05) is 0 Å². The molecule has 0 radical (unpaired) electrons. The van der Waals surface area contributed by atoms with Crippen LogP contribution < -0.4 is 0 Å². The molecule has 0 saturated heterocycles. The molecule has 0 aromatic rings. The van der Waals surface area contributed by atoms with Crippen LogP contribution in [0, 0.1) is 5.41 Å². The van der Waals surface area contributed by atoms with E-state index >= 15 is 0 Å². The average molecular weight is 98.1 g/mol. The van der Waals surface area contributed by atoms with Crippen molar-refractivity contribution in [1.82, 2.24) is 0 Å². The zero-order chi connectivity index (χ0) is 5.70. The molecule has 0 heterocycles. The zero-order valence-corrected chi connectivity index (χ0v) is 4.73. The number of hydrogen-bond donors (Lipinski definition) is 1. The van der Waals surface area contributed by atoms with Crippen molar-refractivity contribution in [3.8, 4) is 0 Å². The lowest BCUT2D eigenvalue weighted by Gasteiger charge is -1.81. The van der Waals surface area contributed by atoms with E-state index in [9.17, 15) is 0 Å². The Balaban J connectivity index is 3.14. The third kappa shape index (κ3) is 5.34. The normalized spacial score (nSPS) is 10.0. The minimum atomic E-state index is 0.658. The van der Waals surface area contributed by atoms with Crippen LogP contribution in [-0.2, 0) is 0 Å². The van der Waals surface area contributed by atoms with Gasteiger partial charge in [0.2, 0.25) is 0 Å². The van der Waals surface area contributed by atoms with Gasteiger partial charge in [0, 0.05) is 25.4 Å². The summed E-state index contributed by atoms with van der Waals surface area (Å²) in [6, 6.07) is 0. The van der Waals surface area contributed by atoms with Gasteiger partial charge in [0.05, 0.1) is 0 Å². The smallest absolute Gasteiger partial charge is 0.0273 e. The summed E-state index contributed by atoms with van der Waals surface area (Å²) < 4.78 is 0. The number of nitrogens with one attached hydrogen (secondary N) is 1. The molecule has 0 bridgehead atoms. The second-order valence-corrected chi connectivity index (χ2v) is 1.43. The molecule has 40 valence electrons. The van der Waals surface area contributed by atoms with E-state index in [0.717, 1.165) is 0 Å². The van der Waals surface area contributed by atoms with Gasteiger partial charge in [0.25, 0.3) is 0 Å². The van der Waals surface area contributed by atoms with Gasteiger partial charge in [-0.3, -0.25) is 0 Å².